The number of guanidine groups is 1. The highest BCUT2D eigenvalue weighted by Gasteiger charge is 2.22. The van der Waals surface area contributed by atoms with Gasteiger partial charge in [-0.1, -0.05) is 12.1 Å². The molecule has 2 saturated heterocycles. The van der Waals surface area contributed by atoms with E-state index in [-0.39, 0.29) is 29.9 Å². The molecule has 1 amide bonds. The zero-order valence-corrected chi connectivity index (χ0v) is 19.4. The first-order valence-electron chi connectivity index (χ1n) is 10.2. The molecular weight excluding hydrogens is 467 g/mol. The maximum absolute atomic E-state index is 12.1. The predicted octanol–water partition coefficient (Wildman–Crippen LogP) is 3.40. The number of likely N-dealkylation sites (tertiary alicyclic amines) is 1. The Hall–Kier alpha value is -1.35. The van der Waals surface area contributed by atoms with E-state index in [1.165, 1.54) is 5.56 Å². The third kappa shape index (κ3) is 6.07. The molecule has 1 N–H and O–H groups in total. The number of halogens is 1. The molecule has 0 radical (unpaired) electrons. The minimum Gasteiger partial charge on any atom is -0.378 e. The van der Waals surface area contributed by atoms with Gasteiger partial charge in [0.15, 0.2) is 5.96 Å². The van der Waals surface area contributed by atoms with Crippen molar-refractivity contribution < 1.29 is 9.53 Å². The van der Waals surface area contributed by atoms with Crippen LogP contribution in [0.1, 0.15) is 44.6 Å². The Morgan fingerprint density at radius 3 is 2.50 bits per heavy atom. The zero-order valence-electron chi connectivity index (χ0n) is 17.0. The third-order valence-corrected chi connectivity index (χ3v) is 5.38. The Kier molecular flexibility index (Phi) is 9.50. The van der Waals surface area contributed by atoms with E-state index in [0.717, 1.165) is 70.1 Å². The van der Waals surface area contributed by atoms with Crippen molar-refractivity contribution >= 4 is 41.5 Å². The Labute approximate surface area is 185 Å². The lowest BCUT2D eigenvalue weighted by atomic mass is 10.1. The van der Waals surface area contributed by atoms with E-state index < -0.39 is 0 Å². The zero-order chi connectivity index (χ0) is 19.1. The van der Waals surface area contributed by atoms with Crippen molar-refractivity contribution in [2.45, 2.75) is 51.7 Å². The van der Waals surface area contributed by atoms with Gasteiger partial charge in [0.2, 0.25) is 5.91 Å². The van der Waals surface area contributed by atoms with Crippen LogP contribution < -0.4 is 10.2 Å². The number of piperidine rings is 2. The normalized spacial score (nSPS) is 18.8. The van der Waals surface area contributed by atoms with Crippen LogP contribution in [0.25, 0.3) is 0 Å². The number of benzene rings is 1. The topological polar surface area (TPSA) is 57.2 Å². The van der Waals surface area contributed by atoms with Crippen molar-refractivity contribution in [1.29, 1.82) is 0 Å². The smallest absolute Gasteiger partial charge is 0.226 e. The number of nitrogens with one attached hydrogen (secondary N) is 1. The van der Waals surface area contributed by atoms with Crippen LogP contribution in [0.3, 0.4) is 0 Å². The van der Waals surface area contributed by atoms with Crippen LogP contribution in [0, 0.1) is 0 Å². The Bertz CT molecular complexity index is 642. The molecule has 2 fully saturated rings. The number of amides is 1. The van der Waals surface area contributed by atoms with Crippen molar-refractivity contribution in [3.63, 3.8) is 0 Å². The largest absolute Gasteiger partial charge is 0.378 e. The van der Waals surface area contributed by atoms with Crippen LogP contribution in [0.2, 0.25) is 0 Å². The number of carbonyl (C=O) groups excluding carboxylic acids is 1. The fraction of sp³-hybridized carbons (Fsp3) is 0.619. The Morgan fingerprint density at radius 1 is 1.18 bits per heavy atom. The molecule has 28 heavy (non-hydrogen) atoms. The predicted molar refractivity (Wildman–Crippen MR) is 124 cm³/mol. The van der Waals surface area contributed by atoms with Gasteiger partial charge < -0.3 is 19.9 Å². The number of hydrogen-bond donors (Lipinski definition) is 1. The van der Waals surface area contributed by atoms with Crippen LogP contribution in [-0.4, -0.2) is 56.2 Å². The number of rotatable bonds is 5. The van der Waals surface area contributed by atoms with E-state index in [2.05, 4.69) is 46.4 Å². The number of aliphatic imine (C=N–C) groups is 1. The van der Waals surface area contributed by atoms with E-state index in [1.807, 2.05) is 11.9 Å². The highest BCUT2D eigenvalue weighted by Crippen LogP contribution is 2.21. The van der Waals surface area contributed by atoms with Crippen molar-refractivity contribution in [1.82, 2.24) is 10.2 Å². The molecular formula is C21H33IN4O2. The summed E-state index contributed by atoms with van der Waals surface area (Å²) in [6.45, 7) is 6.35. The summed E-state index contributed by atoms with van der Waals surface area (Å²) in [6, 6.07) is 8.30. The summed E-state index contributed by atoms with van der Waals surface area (Å²) in [5, 5.41) is 3.46. The monoisotopic (exact) mass is 500 g/mol. The second kappa shape index (κ2) is 11.6. The van der Waals surface area contributed by atoms with Gasteiger partial charge in [-0.2, -0.15) is 0 Å². The van der Waals surface area contributed by atoms with E-state index in [9.17, 15) is 4.79 Å². The quantitative estimate of drug-likeness (QED) is 0.383. The van der Waals surface area contributed by atoms with Crippen LogP contribution in [0.4, 0.5) is 5.69 Å². The van der Waals surface area contributed by atoms with E-state index in [1.54, 1.807) is 0 Å². The summed E-state index contributed by atoms with van der Waals surface area (Å²) in [7, 11) is 1.84. The molecule has 2 aliphatic heterocycles. The summed E-state index contributed by atoms with van der Waals surface area (Å²) >= 11 is 0. The first-order chi connectivity index (χ1) is 13.2. The van der Waals surface area contributed by atoms with Crippen molar-refractivity contribution in [3.8, 4) is 0 Å². The fourth-order valence-corrected chi connectivity index (χ4v) is 3.86. The molecule has 7 heteroatoms. The first kappa shape index (κ1) is 22.9. The second-order valence-electron chi connectivity index (χ2n) is 7.21. The molecule has 0 aromatic heterocycles. The lowest BCUT2D eigenvalue weighted by Crippen LogP contribution is -2.46. The van der Waals surface area contributed by atoms with Crippen LogP contribution in [-0.2, 0) is 16.1 Å². The maximum Gasteiger partial charge on any atom is 0.226 e. The minimum absolute atomic E-state index is 0. The van der Waals surface area contributed by atoms with E-state index in [0.29, 0.717) is 12.5 Å². The highest BCUT2D eigenvalue weighted by molar-refractivity contribution is 14.0. The molecule has 0 saturated carbocycles. The lowest BCUT2D eigenvalue weighted by Gasteiger charge is -2.34. The Morgan fingerprint density at radius 2 is 1.89 bits per heavy atom. The summed E-state index contributed by atoms with van der Waals surface area (Å²) in [6.07, 6.45) is 5.25. The molecule has 0 unspecified atom stereocenters. The average molecular weight is 500 g/mol. The lowest BCUT2D eigenvalue weighted by molar-refractivity contribution is -0.119. The fourth-order valence-electron chi connectivity index (χ4n) is 3.86. The van der Waals surface area contributed by atoms with Crippen LogP contribution in [0.5, 0.6) is 0 Å². The van der Waals surface area contributed by atoms with Gasteiger partial charge in [-0.15, -0.1) is 24.0 Å². The average Bonchev–Trinajstić information content (AvgIpc) is 2.71. The highest BCUT2D eigenvalue weighted by atomic mass is 127. The van der Waals surface area contributed by atoms with E-state index >= 15 is 0 Å². The van der Waals surface area contributed by atoms with Gasteiger partial charge >= 0.3 is 0 Å². The van der Waals surface area contributed by atoms with Gasteiger partial charge in [0, 0.05) is 51.9 Å². The van der Waals surface area contributed by atoms with Gasteiger partial charge in [-0.3, -0.25) is 9.79 Å². The molecule has 156 valence electrons. The summed E-state index contributed by atoms with van der Waals surface area (Å²) in [4.78, 5) is 20.7. The molecule has 0 atom stereocenters. The summed E-state index contributed by atoms with van der Waals surface area (Å²) < 4.78 is 5.73. The Balaban J connectivity index is 0.00000280. The van der Waals surface area contributed by atoms with Crippen LogP contribution in [0.15, 0.2) is 29.3 Å². The van der Waals surface area contributed by atoms with Gasteiger partial charge in [-0.05, 0) is 50.3 Å². The minimum atomic E-state index is 0. The number of ether oxygens (including phenoxy) is 1. The SMILES string of the molecule is CCOC1CCN(C(=NC)NCc2ccc(N3CCCCC3=O)cc2)CC1.I. The number of hydrogen-bond acceptors (Lipinski definition) is 3. The van der Waals surface area contributed by atoms with Crippen molar-refractivity contribution in [3.05, 3.63) is 29.8 Å². The molecule has 0 bridgehead atoms. The molecule has 0 aliphatic carbocycles. The molecule has 1 aromatic carbocycles. The number of anilines is 1. The first-order valence-corrected chi connectivity index (χ1v) is 10.2. The maximum atomic E-state index is 12.1. The van der Waals surface area contributed by atoms with Gasteiger partial charge in [0.05, 0.1) is 6.10 Å². The molecule has 1 aromatic rings. The standard InChI is InChI=1S/C21H32N4O2.HI/c1-3-27-19-11-14-24(15-12-19)21(22-2)23-16-17-7-9-18(10-8-17)25-13-5-4-6-20(25)26;/h7-10,19H,3-6,11-16H2,1-2H3,(H,22,23);1H. The van der Waals surface area contributed by atoms with E-state index in [4.69, 9.17) is 4.74 Å². The third-order valence-electron chi connectivity index (χ3n) is 5.38. The molecule has 0 spiro atoms. The van der Waals surface area contributed by atoms with Crippen molar-refractivity contribution in [2.75, 3.05) is 38.2 Å². The molecule has 6 nitrogen and oxygen atoms in total. The molecule has 2 aliphatic rings. The number of nitrogens with zero attached hydrogens (tertiary/aromatic N) is 3. The number of carbonyl (C=O) groups is 1. The van der Waals surface area contributed by atoms with Crippen molar-refractivity contribution in [2.24, 2.45) is 4.99 Å². The summed E-state index contributed by atoms with van der Waals surface area (Å²) in [5.74, 6) is 1.18. The van der Waals surface area contributed by atoms with Gasteiger partial charge in [-0.25, -0.2) is 0 Å². The second-order valence-corrected chi connectivity index (χ2v) is 7.21. The van der Waals surface area contributed by atoms with Crippen LogP contribution >= 0.6 is 24.0 Å². The summed E-state index contributed by atoms with van der Waals surface area (Å²) in [5.41, 5.74) is 2.19. The molecule has 2 heterocycles. The van der Waals surface area contributed by atoms with Gasteiger partial charge in [0.1, 0.15) is 0 Å². The molecule has 3 rings (SSSR count). The van der Waals surface area contributed by atoms with Gasteiger partial charge in [0.25, 0.3) is 0 Å².